The van der Waals surface area contributed by atoms with E-state index in [1.54, 1.807) is 37.3 Å². The molecule has 0 bridgehead atoms. The van der Waals surface area contributed by atoms with E-state index in [-0.39, 0.29) is 12.3 Å². The number of alkyl halides is 3. The Balaban J connectivity index is 1.85. The minimum atomic E-state index is -4.98. The number of anilines is 1. The number of hydrogen-bond acceptors (Lipinski definition) is 4. The first kappa shape index (κ1) is 23.1. The lowest BCUT2D eigenvalue weighted by Crippen LogP contribution is -2.57. The van der Waals surface area contributed by atoms with Crippen LogP contribution >= 0.6 is 0 Å². The number of amides is 2. The maximum Gasteiger partial charge on any atom is 0.573 e. The normalized spacial score (nSPS) is 14.8. The first-order chi connectivity index (χ1) is 14.9. The number of carbonyl (C=O) groups is 2. The molecule has 2 aromatic carbocycles. The highest BCUT2D eigenvalue weighted by atomic mass is 19.4. The number of allylic oxidation sites excluding steroid dienone is 1. The lowest BCUT2D eigenvalue weighted by atomic mass is 9.96. The summed E-state index contributed by atoms with van der Waals surface area (Å²) in [5.41, 5.74) is -1.20. The molecule has 10 heteroatoms. The third-order valence-electron chi connectivity index (χ3n) is 4.93. The number of ether oxygens (including phenoxy) is 2. The van der Waals surface area contributed by atoms with Crippen LogP contribution in [0.2, 0.25) is 0 Å². The van der Waals surface area contributed by atoms with Crippen molar-refractivity contribution in [2.45, 2.75) is 32.7 Å². The van der Waals surface area contributed by atoms with Crippen LogP contribution in [0.25, 0.3) is 5.57 Å². The molecule has 0 unspecified atom stereocenters. The summed E-state index contributed by atoms with van der Waals surface area (Å²) in [5, 5.41) is 2.23. The van der Waals surface area contributed by atoms with Gasteiger partial charge in [0.05, 0.1) is 11.3 Å². The fraction of sp³-hybridized carbons (Fsp3) is 0.273. The lowest BCUT2D eigenvalue weighted by Gasteiger charge is -2.40. The molecule has 0 aliphatic carbocycles. The Hall–Kier alpha value is -3.56. The molecule has 2 aromatic rings. The Morgan fingerprint density at radius 3 is 2.41 bits per heavy atom. The van der Waals surface area contributed by atoms with E-state index in [0.29, 0.717) is 17.4 Å². The van der Waals surface area contributed by atoms with Gasteiger partial charge in [-0.15, -0.1) is 13.2 Å². The van der Waals surface area contributed by atoms with Gasteiger partial charge in [0.15, 0.2) is 6.73 Å². The Morgan fingerprint density at radius 1 is 1.12 bits per heavy atom. The van der Waals surface area contributed by atoms with Crippen molar-refractivity contribution in [3.05, 3.63) is 65.7 Å². The minimum absolute atomic E-state index is 0.235. The van der Waals surface area contributed by atoms with Crippen LogP contribution in [-0.4, -0.2) is 35.3 Å². The maximum atomic E-state index is 14.1. The third kappa shape index (κ3) is 4.84. The average Bonchev–Trinajstić information content (AvgIpc) is 2.70. The van der Waals surface area contributed by atoms with E-state index in [2.05, 4.69) is 10.1 Å². The molecule has 1 heterocycles. The van der Waals surface area contributed by atoms with Crippen molar-refractivity contribution < 1.29 is 36.6 Å². The van der Waals surface area contributed by atoms with E-state index in [1.807, 2.05) is 0 Å². The number of rotatable bonds is 5. The molecule has 0 saturated heterocycles. The van der Waals surface area contributed by atoms with Gasteiger partial charge >= 0.3 is 6.36 Å². The van der Waals surface area contributed by atoms with Crippen LogP contribution in [0.4, 0.5) is 23.2 Å². The van der Waals surface area contributed by atoms with Crippen molar-refractivity contribution in [3.8, 4) is 5.75 Å². The monoisotopic (exact) mass is 452 g/mol. The van der Waals surface area contributed by atoms with Crippen LogP contribution in [0.3, 0.4) is 0 Å². The van der Waals surface area contributed by atoms with Gasteiger partial charge in [-0.25, -0.2) is 4.39 Å². The molecule has 0 saturated carbocycles. The van der Waals surface area contributed by atoms with Crippen molar-refractivity contribution in [3.63, 3.8) is 0 Å². The van der Waals surface area contributed by atoms with Crippen molar-refractivity contribution in [1.82, 2.24) is 4.90 Å². The van der Waals surface area contributed by atoms with Gasteiger partial charge in [0.1, 0.15) is 22.9 Å². The molecule has 0 radical (unpaired) electrons. The second-order valence-corrected chi connectivity index (χ2v) is 7.51. The fourth-order valence-corrected chi connectivity index (χ4v) is 3.12. The van der Waals surface area contributed by atoms with Crippen molar-refractivity contribution >= 4 is 23.1 Å². The lowest BCUT2D eigenvalue weighted by molar-refractivity contribution is -0.274. The molecular weight excluding hydrogens is 432 g/mol. The zero-order valence-electron chi connectivity index (χ0n) is 17.4. The summed E-state index contributed by atoms with van der Waals surface area (Å²) >= 11 is 0. The van der Waals surface area contributed by atoms with Crippen LogP contribution in [-0.2, 0) is 14.3 Å². The van der Waals surface area contributed by atoms with Gasteiger partial charge in [0.25, 0.3) is 5.91 Å². The van der Waals surface area contributed by atoms with Gasteiger partial charge in [-0.2, -0.15) is 0 Å². The fourth-order valence-electron chi connectivity index (χ4n) is 3.12. The molecule has 3 rings (SSSR count). The highest BCUT2D eigenvalue weighted by Crippen LogP contribution is 2.32. The zero-order valence-corrected chi connectivity index (χ0v) is 17.4. The van der Waals surface area contributed by atoms with Gasteiger partial charge in [-0.3, -0.25) is 14.5 Å². The Morgan fingerprint density at radius 2 is 1.78 bits per heavy atom. The van der Waals surface area contributed by atoms with E-state index in [4.69, 9.17) is 4.74 Å². The number of nitrogens with zero attached hydrogens (tertiary/aromatic N) is 1. The molecule has 1 N–H and O–H groups in total. The van der Waals surface area contributed by atoms with Gasteiger partial charge in [-0.05, 0) is 38.5 Å². The van der Waals surface area contributed by atoms with Crippen LogP contribution in [0, 0.1) is 5.82 Å². The zero-order chi connectivity index (χ0) is 23.7. The molecule has 170 valence electrons. The van der Waals surface area contributed by atoms with E-state index >= 15 is 0 Å². The molecule has 6 nitrogen and oxygen atoms in total. The summed E-state index contributed by atoms with van der Waals surface area (Å²) in [4.78, 5) is 27.3. The van der Waals surface area contributed by atoms with Gasteiger partial charge < -0.3 is 14.8 Å². The Kier molecular flexibility index (Phi) is 6.16. The third-order valence-corrected chi connectivity index (χ3v) is 4.93. The standard InChI is InChI=1S/C22H20F4N2O4/c1-13-18(14-7-5-4-6-8-14)19(29)28(12-31-13)21(2,3)20(30)27-17-11-15(9-10-16(17)23)32-22(24,25)26/h4-11H,12H2,1-3H3,(H,27,30). The van der Waals surface area contributed by atoms with Crippen LogP contribution in [0.15, 0.2) is 54.3 Å². The van der Waals surface area contributed by atoms with Gasteiger partial charge in [0, 0.05) is 6.07 Å². The number of hydrogen-bond donors (Lipinski definition) is 1. The summed E-state index contributed by atoms with van der Waals surface area (Å²) in [6.45, 7) is 4.23. The van der Waals surface area contributed by atoms with Crippen LogP contribution in [0.5, 0.6) is 5.75 Å². The average molecular weight is 452 g/mol. The smallest absolute Gasteiger partial charge is 0.477 e. The van der Waals surface area contributed by atoms with E-state index in [0.717, 1.165) is 17.0 Å². The second-order valence-electron chi connectivity index (χ2n) is 7.51. The molecular formula is C22H20F4N2O4. The molecule has 0 fully saturated rings. The summed E-state index contributed by atoms with van der Waals surface area (Å²) in [5.74, 6) is -2.59. The Labute approximate surface area is 181 Å². The molecule has 0 spiro atoms. The predicted molar refractivity (Wildman–Crippen MR) is 108 cm³/mol. The molecule has 0 atom stereocenters. The number of nitrogens with one attached hydrogen (secondary N) is 1. The van der Waals surface area contributed by atoms with Crippen molar-refractivity contribution in [1.29, 1.82) is 0 Å². The van der Waals surface area contributed by atoms with E-state index in [1.165, 1.54) is 13.8 Å². The summed E-state index contributed by atoms with van der Waals surface area (Å²) in [6.07, 6.45) is -4.98. The van der Waals surface area contributed by atoms with E-state index in [9.17, 15) is 27.2 Å². The largest absolute Gasteiger partial charge is 0.573 e. The Bertz CT molecular complexity index is 1070. The first-order valence-electron chi connectivity index (χ1n) is 9.48. The summed E-state index contributed by atoms with van der Waals surface area (Å²) in [7, 11) is 0. The van der Waals surface area contributed by atoms with Crippen molar-refractivity contribution in [2.24, 2.45) is 0 Å². The number of halogens is 4. The van der Waals surface area contributed by atoms with Gasteiger partial charge in [0.2, 0.25) is 5.91 Å². The highest BCUT2D eigenvalue weighted by Gasteiger charge is 2.42. The van der Waals surface area contributed by atoms with Gasteiger partial charge in [-0.1, -0.05) is 30.3 Å². The van der Waals surface area contributed by atoms with Crippen LogP contribution in [0.1, 0.15) is 26.3 Å². The van der Waals surface area contributed by atoms with Crippen LogP contribution < -0.4 is 10.1 Å². The highest BCUT2D eigenvalue weighted by molar-refractivity contribution is 6.21. The minimum Gasteiger partial charge on any atom is -0.477 e. The molecule has 2 amide bonds. The maximum absolute atomic E-state index is 14.1. The quantitative estimate of drug-likeness (QED) is 0.669. The SMILES string of the molecule is CC1=C(c2ccccc2)C(=O)N(C(C)(C)C(=O)Nc2cc(OC(F)(F)F)ccc2F)CO1. The van der Waals surface area contributed by atoms with Crippen molar-refractivity contribution in [2.75, 3.05) is 12.0 Å². The molecule has 1 aliphatic heterocycles. The summed E-state index contributed by atoms with van der Waals surface area (Å²) < 4.78 is 60.9. The van der Waals surface area contributed by atoms with E-state index < -0.39 is 41.0 Å². The molecule has 32 heavy (non-hydrogen) atoms. The number of benzene rings is 2. The second kappa shape index (κ2) is 8.52. The molecule has 0 aromatic heterocycles. The summed E-state index contributed by atoms with van der Waals surface area (Å²) in [6, 6.07) is 11.0. The first-order valence-corrected chi connectivity index (χ1v) is 9.48. The topological polar surface area (TPSA) is 67.9 Å². The number of carbonyl (C=O) groups excluding carboxylic acids is 2. The molecule has 1 aliphatic rings. The predicted octanol–water partition coefficient (Wildman–Crippen LogP) is 4.69.